The van der Waals surface area contributed by atoms with Gasteiger partial charge in [0.25, 0.3) is 0 Å². The monoisotopic (exact) mass is 216 g/mol. The van der Waals surface area contributed by atoms with Crippen LogP contribution in [0.4, 0.5) is 5.69 Å². The molecule has 3 heteroatoms. The number of anilines is 1. The lowest BCUT2D eigenvalue weighted by molar-refractivity contribution is 0.154. The molecule has 1 aliphatic heterocycles. The number of aliphatic hydroxyl groups excluding tert-OH is 1. The Hall–Kier alpha value is -1.53. The zero-order valence-electron chi connectivity index (χ0n) is 9.48. The first-order chi connectivity index (χ1) is 7.70. The average molecular weight is 216 g/mol. The lowest BCUT2D eigenvalue weighted by atomic mass is 10.0. The highest BCUT2D eigenvalue weighted by atomic mass is 16.3. The average Bonchev–Trinajstić information content (AvgIpc) is 2.29. The Balaban J connectivity index is 2.21. The van der Waals surface area contributed by atoms with Crippen LogP contribution in [0.5, 0.6) is 0 Å². The van der Waals surface area contributed by atoms with Crippen molar-refractivity contribution in [2.45, 2.75) is 25.9 Å². The SMILES string of the molecule is Cc1cc(N2CCCC(O)C2)ccc1C#N. The topological polar surface area (TPSA) is 47.3 Å². The van der Waals surface area contributed by atoms with Crippen LogP contribution in [0.25, 0.3) is 0 Å². The molecule has 1 saturated heterocycles. The fourth-order valence-electron chi connectivity index (χ4n) is 2.16. The van der Waals surface area contributed by atoms with Gasteiger partial charge in [-0.3, -0.25) is 0 Å². The molecule has 0 bridgehead atoms. The van der Waals surface area contributed by atoms with Crippen LogP contribution in [0.3, 0.4) is 0 Å². The zero-order chi connectivity index (χ0) is 11.5. The number of aryl methyl sites for hydroxylation is 1. The molecule has 3 nitrogen and oxygen atoms in total. The highest BCUT2D eigenvalue weighted by molar-refractivity contribution is 5.53. The molecule has 1 fully saturated rings. The Bertz CT molecular complexity index is 422. The van der Waals surface area contributed by atoms with Crippen molar-refractivity contribution in [1.29, 1.82) is 5.26 Å². The Morgan fingerprint density at radius 2 is 2.31 bits per heavy atom. The van der Waals surface area contributed by atoms with Gasteiger partial charge in [0.1, 0.15) is 0 Å². The van der Waals surface area contributed by atoms with Crippen molar-refractivity contribution in [3.63, 3.8) is 0 Å². The number of hydrogen-bond acceptors (Lipinski definition) is 3. The van der Waals surface area contributed by atoms with Gasteiger partial charge in [-0.1, -0.05) is 0 Å². The molecular formula is C13H16N2O. The van der Waals surface area contributed by atoms with Gasteiger partial charge in [0.05, 0.1) is 17.7 Å². The Labute approximate surface area is 95.9 Å². The van der Waals surface area contributed by atoms with Gasteiger partial charge in [-0.05, 0) is 43.5 Å². The fourth-order valence-corrected chi connectivity index (χ4v) is 2.16. The molecule has 1 N–H and O–H groups in total. The van der Waals surface area contributed by atoms with Crippen molar-refractivity contribution in [2.24, 2.45) is 0 Å². The molecule has 1 aromatic rings. The van der Waals surface area contributed by atoms with Gasteiger partial charge < -0.3 is 10.0 Å². The zero-order valence-corrected chi connectivity index (χ0v) is 9.48. The maximum Gasteiger partial charge on any atom is 0.0994 e. The van der Waals surface area contributed by atoms with Crippen molar-refractivity contribution in [2.75, 3.05) is 18.0 Å². The minimum absolute atomic E-state index is 0.218. The molecule has 0 amide bonds. The van der Waals surface area contributed by atoms with E-state index in [2.05, 4.69) is 11.0 Å². The Morgan fingerprint density at radius 1 is 1.50 bits per heavy atom. The summed E-state index contributed by atoms with van der Waals surface area (Å²) >= 11 is 0. The third kappa shape index (κ3) is 2.17. The van der Waals surface area contributed by atoms with Gasteiger partial charge >= 0.3 is 0 Å². The molecule has 1 atom stereocenters. The molecule has 84 valence electrons. The standard InChI is InChI=1S/C13H16N2O/c1-10-7-12(5-4-11(10)8-14)15-6-2-3-13(16)9-15/h4-5,7,13,16H,2-3,6,9H2,1H3. The number of nitrogens with zero attached hydrogens (tertiary/aromatic N) is 2. The van der Waals surface area contributed by atoms with Crippen LogP contribution in [0.2, 0.25) is 0 Å². The summed E-state index contributed by atoms with van der Waals surface area (Å²) in [5, 5.41) is 18.5. The Morgan fingerprint density at radius 3 is 2.94 bits per heavy atom. The molecule has 0 aliphatic carbocycles. The van der Waals surface area contributed by atoms with Gasteiger partial charge in [0, 0.05) is 18.8 Å². The van der Waals surface area contributed by atoms with Crippen LogP contribution in [0, 0.1) is 18.3 Å². The summed E-state index contributed by atoms with van der Waals surface area (Å²) in [6.45, 7) is 3.64. The summed E-state index contributed by atoms with van der Waals surface area (Å²) in [5.74, 6) is 0. The maximum absolute atomic E-state index is 9.62. The van der Waals surface area contributed by atoms with Crippen molar-refractivity contribution in [3.8, 4) is 6.07 Å². The van der Waals surface area contributed by atoms with E-state index >= 15 is 0 Å². The summed E-state index contributed by atoms with van der Waals surface area (Å²) in [7, 11) is 0. The van der Waals surface area contributed by atoms with Gasteiger partial charge in [0.15, 0.2) is 0 Å². The first-order valence-electron chi connectivity index (χ1n) is 5.64. The summed E-state index contributed by atoms with van der Waals surface area (Å²) < 4.78 is 0. The van der Waals surface area contributed by atoms with E-state index in [0.717, 1.165) is 36.2 Å². The largest absolute Gasteiger partial charge is 0.391 e. The molecule has 2 rings (SSSR count). The first kappa shape index (κ1) is 11.0. The second-order valence-corrected chi connectivity index (χ2v) is 4.35. The summed E-state index contributed by atoms with van der Waals surface area (Å²) in [6.07, 6.45) is 1.70. The molecule has 0 saturated carbocycles. The number of rotatable bonds is 1. The third-order valence-electron chi connectivity index (χ3n) is 3.09. The highest BCUT2D eigenvalue weighted by Crippen LogP contribution is 2.22. The second-order valence-electron chi connectivity index (χ2n) is 4.35. The van der Waals surface area contributed by atoms with Crippen molar-refractivity contribution < 1.29 is 5.11 Å². The molecule has 1 aliphatic rings. The molecule has 16 heavy (non-hydrogen) atoms. The number of benzene rings is 1. The molecular weight excluding hydrogens is 200 g/mol. The van der Waals surface area contributed by atoms with Gasteiger partial charge in [-0.25, -0.2) is 0 Å². The smallest absolute Gasteiger partial charge is 0.0994 e. The van der Waals surface area contributed by atoms with E-state index in [1.165, 1.54) is 0 Å². The van der Waals surface area contributed by atoms with Crippen LogP contribution in [0.1, 0.15) is 24.0 Å². The van der Waals surface area contributed by atoms with Crippen LogP contribution < -0.4 is 4.90 Å². The predicted octanol–water partition coefficient (Wildman–Crippen LogP) is 1.83. The van der Waals surface area contributed by atoms with Crippen LogP contribution in [0.15, 0.2) is 18.2 Å². The fraction of sp³-hybridized carbons (Fsp3) is 0.462. The quantitative estimate of drug-likeness (QED) is 0.779. The second kappa shape index (κ2) is 4.54. The minimum Gasteiger partial charge on any atom is -0.391 e. The van der Waals surface area contributed by atoms with Gasteiger partial charge in [-0.15, -0.1) is 0 Å². The van der Waals surface area contributed by atoms with E-state index < -0.39 is 0 Å². The van der Waals surface area contributed by atoms with E-state index in [4.69, 9.17) is 5.26 Å². The van der Waals surface area contributed by atoms with E-state index in [0.29, 0.717) is 6.54 Å². The summed E-state index contributed by atoms with van der Waals surface area (Å²) in [4.78, 5) is 2.18. The molecule has 0 aromatic heterocycles. The minimum atomic E-state index is -0.218. The molecule has 0 radical (unpaired) electrons. The number of aliphatic hydroxyl groups is 1. The van der Waals surface area contributed by atoms with Crippen LogP contribution >= 0.6 is 0 Å². The normalized spacial score (nSPS) is 20.6. The third-order valence-corrected chi connectivity index (χ3v) is 3.09. The van der Waals surface area contributed by atoms with Crippen LogP contribution in [-0.4, -0.2) is 24.3 Å². The van der Waals surface area contributed by atoms with Gasteiger partial charge in [0.2, 0.25) is 0 Å². The highest BCUT2D eigenvalue weighted by Gasteiger charge is 2.18. The van der Waals surface area contributed by atoms with E-state index in [1.54, 1.807) is 0 Å². The number of hydrogen-bond donors (Lipinski definition) is 1. The van der Waals surface area contributed by atoms with Gasteiger partial charge in [-0.2, -0.15) is 5.26 Å². The number of β-amino-alcohol motifs (C(OH)–C–C–N with tert-alkyl or cyclic N) is 1. The van der Waals surface area contributed by atoms with Crippen LogP contribution in [-0.2, 0) is 0 Å². The maximum atomic E-state index is 9.62. The summed E-state index contributed by atoms with van der Waals surface area (Å²) in [6, 6.07) is 8.01. The van der Waals surface area contributed by atoms with Crippen molar-refractivity contribution >= 4 is 5.69 Å². The summed E-state index contributed by atoms with van der Waals surface area (Å²) in [5.41, 5.74) is 2.83. The number of piperidine rings is 1. The first-order valence-corrected chi connectivity index (χ1v) is 5.64. The lowest BCUT2D eigenvalue weighted by Gasteiger charge is -2.32. The van der Waals surface area contributed by atoms with E-state index in [-0.39, 0.29) is 6.10 Å². The molecule has 1 unspecified atom stereocenters. The molecule has 1 heterocycles. The van der Waals surface area contributed by atoms with Crippen molar-refractivity contribution in [1.82, 2.24) is 0 Å². The number of nitriles is 1. The predicted molar refractivity (Wildman–Crippen MR) is 63.3 cm³/mol. The van der Waals surface area contributed by atoms with E-state index in [9.17, 15) is 5.11 Å². The molecule has 1 aromatic carbocycles. The lowest BCUT2D eigenvalue weighted by Crippen LogP contribution is -2.38. The molecule has 0 spiro atoms. The van der Waals surface area contributed by atoms with Crippen molar-refractivity contribution in [3.05, 3.63) is 29.3 Å². The van der Waals surface area contributed by atoms with E-state index in [1.807, 2.05) is 25.1 Å². The Kier molecular flexibility index (Phi) is 3.12.